The van der Waals surface area contributed by atoms with E-state index in [2.05, 4.69) is 5.32 Å². The van der Waals surface area contributed by atoms with Crippen molar-refractivity contribution in [1.82, 2.24) is 14.9 Å². The first kappa shape index (κ1) is 35.8. The average molecular weight is 714 g/mol. The summed E-state index contributed by atoms with van der Waals surface area (Å²) < 4.78 is 49.3. The fourth-order valence-electron chi connectivity index (χ4n) is 5.52. The number of aromatic amines is 1. The van der Waals surface area contributed by atoms with E-state index < -0.39 is 53.6 Å². The van der Waals surface area contributed by atoms with Crippen molar-refractivity contribution in [2.75, 3.05) is 6.61 Å². The molecule has 3 heterocycles. The summed E-state index contributed by atoms with van der Waals surface area (Å²) >= 11 is 0. The van der Waals surface area contributed by atoms with Crippen LogP contribution in [-0.2, 0) is 50.0 Å². The lowest BCUT2D eigenvalue weighted by Gasteiger charge is -2.22. The standard InChI is InChI=1S/C38H36FN3O10/c39-30-20-42(37(45)41-35(30)43)34-19-32(49-23-29-12-7-17-47-29)33(52-34)24-50-36(44)31(40-38(46)51-22-27-10-5-2-6-11-27)18-25-13-15-28(16-14-25)48-21-26-8-3-1-4-9-26/h1-17,20,31-34H,18-19,21-24H2,(H,40,46)(H,41,43,45)/t31-,32-,33+,34+/m0/s1. The molecule has 52 heavy (non-hydrogen) atoms. The second kappa shape index (κ2) is 17.3. The lowest BCUT2D eigenvalue weighted by molar-refractivity contribution is -0.153. The van der Waals surface area contributed by atoms with Crippen LogP contribution in [0.2, 0.25) is 0 Å². The van der Waals surface area contributed by atoms with Crippen LogP contribution in [0, 0.1) is 5.82 Å². The molecule has 0 saturated carbocycles. The molecular formula is C38H36FN3O10. The SMILES string of the molecule is O=C(N[C@@H](Cc1ccc(OCc2ccccc2)cc1)C(=O)OC[C@H]1O[C@@H](n2cc(F)c(=O)[nH]c2=O)C[C@@H]1OCc1ccco1)OCc1ccccc1. The van der Waals surface area contributed by atoms with E-state index in [0.717, 1.165) is 21.9 Å². The molecule has 1 aliphatic heterocycles. The first-order chi connectivity index (χ1) is 25.3. The molecule has 0 unspecified atom stereocenters. The summed E-state index contributed by atoms with van der Waals surface area (Å²) in [5, 5.41) is 2.61. The maximum atomic E-state index is 14.1. The van der Waals surface area contributed by atoms with Crippen molar-refractivity contribution in [2.45, 2.75) is 57.1 Å². The number of rotatable bonds is 15. The zero-order valence-corrected chi connectivity index (χ0v) is 27.9. The summed E-state index contributed by atoms with van der Waals surface area (Å²) in [6.07, 6.45) is -1.19. The largest absolute Gasteiger partial charge is 0.489 e. The molecule has 14 heteroatoms. The Morgan fingerprint density at radius 1 is 0.865 bits per heavy atom. The molecule has 1 amide bonds. The average Bonchev–Trinajstić information content (AvgIpc) is 3.84. The first-order valence-electron chi connectivity index (χ1n) is 16.5. The Bertz CT molecular complexity index is 2020. The third-order valence-corrected chi connectivity index (χ3v) is 8.23. The topological polar surface area (TPSA) is 160 Å². The number of halogens is 1. The molecule has 1 fully saturated rings. The van der Waals surface area contributed by atoms with Crippen molar-refractivity contribution in [3.8, 4) is 5.75 Å². The number of benzene rings is 3. The number of H-pyrrole nitrogens is 1. The highest BCUT2D eigenvalue weighted by atomic mass is 19.1. The van der Waals surface area contributed by atoms with Gasteiger partial charge < -0.3 is 33.4 Å². The van der Waals surface area contributed by atoms with Gasteiger partial charge in [0.1, 0.15) is 56.3 Å². The van der Waals surface area contributed by atoms with Crippen molar-refractivity contribution >= 4 is 12.1 Å². The van der Waals surface area contributed by atoms with Gasteiger partial charge in [-0.25, -0.2) is 14.4 Å². The lowest BCUT2D eigenvalue weighted by Crippen LogP contribution is -2.44. The summed E-state index contributed by atoms with van der Waals surface area (Å²) in [7, 11) is 0. The van der Waals surface area contributed by atoms with Crippen LogP contribution in [-0.4, -0.2) is 46.5 Å². The Hall–Kier alpha value is -5.99. The Balaban J connectivity index is 1.13. The summed E-state index contributed by atoms with van der Waals surface area (Å²) in [5.41, 5.74) is 0.433. The van der Waals surface area contributed by atoms with Crippen LogP contribution < -0.4 is 21.3 Å². The fraction of sp³-hybridized carbons (Fsp3) is 0.263. The van der Waals surface area contributed by atoms with Gasteiger partial charge in [0.15, 0.2) is 0 Å². The molecule has 0 bridgehead atoms. The zero-order valence-electron chi connectivity index (χ0n) is 27.9. The van der Waals surface area contributed by atoms with Crippen LogP contribution in [0.3, 0.4) is 0 Å². The molecule has 6 rings (SSSR count). The van der Waals surface area contributed by atoms with Crippen molar-refractivity contribution in [3.05, 3.63) is 159 Å². The number of carbonyl (C=O) groups is 2. The fourth-order valence-corrected chi connectivity index (χ4v) is 5.52. The molecule has 2 N–H and O–H groups in total. The van der Waals surface area contributed by atoms with Crippen LogP contribution in [0.25, 0.3) is 0 Å². The van der Waals surface area contributed by atoms with Gasteiger partial charge in [-0.3, -0.25) is 14.3 Å². The van der Waals surface area contributed by atoms with E-state index in [-0.39, 0.29) is 32.7 Å². The summed E-state index contributed by atoms with van der Waals surface area (Å²) in [6.45, 7) is 0.0580. The van der Waals surface area contributed by atoms with Gasteiger partial charge in [-0.1, -0.05) is 72.8 Å². The molecule has 0 spiro atoms. The number of nitrogens with one attached hydrogen (secondary N) is 2. The molecule has 0 radical (unpaired) electrons. The predicted molar refractivity (Wildman–Crippen MR) is 183 cm³/mol. The minimum atomic E-state index is -1.17. The van der Waals surface area contributed by atoms with Crippen molar-refractivity contribution < 1.29 is 42.1 Å². The van der Waals surface area contributed by atoms with E-state index in [1.165, 1.54) is 6.26 Å². The third kappa shape index (κ3) is 9.83. The number of furan rings is 1. The van der Waals surface area contributed by atoms with Gasteiger partial charge in [0.2, 0.25) is 5.82 Å². The highest BCUT2D eigenvalue weighted by Gasteiger charge is 2.39. The molecule has 2 aromatic heterocycles. The third-order valence-electron chi connectivity index (χ3n) is 8.23. The maximum Gasteiger partial charge on any atom is 0.408 e. The molecule has 0 aliphatic carbocycles. The smallest absolute Gasteiger partial charge is 0.408 e. The summed E-state index contributed by atoms with van der Waals surface area (Å²) in [6, 6.07) is 28.1. The lowest BCUT2D eigenvalue weighted by atomic mass is 10.1. The number of hydrogen-bond donors (Lipinski definition) is 2. The van der Waals surface area contributed by atoms with Gasteiger partial charge in [-0.05, 0) is 41.0 Å². The highest BCUT2D eigenvalue weighted by molar-refractivity contribution is 5.81. The molecule has 3 aromatic carbocycles. The van der Waals surface area contributed by atoms with Crippen LogP contribution >= 0.6 is 0 Å². The number of aromatic nitrogens is 2. The van der Waals surface area contributed by atoms with Gasteiger partial charge >= 0.3 is 17.8 Å². The molecule has 5 aromatic rings. The summed E-state index contributed by atoms with van der Waals surface area (Å²) in [4.78, 5) is 52.5. The van der Waals surface area contributed by atoms with Gasteiger partial charge in [0.25, 0.3) is 5.56 Å². The quantitative estimate of drug-likeness (QED) is 0.144. The second-order valence-corrected chi connectivity index (χ2v) is 11.9. The van der Waals surface area contributed by atoms with Crippen molar-refractivity contribution in [3.63, 3.8) is 0 Å². The summed E-state index contributed by atoms with van der Waals surface area (Å²) in [5.74, 6) is -0.821. The number of hydrogen-bond acceptors (Lipinski definition) is 10. The maximum absolute atomic E-state index is 14.1. The number of ether oxygens (including phenoxy) is 5. The first-order valence-corrected chi connectivity index (χ1v) is 16.5. The van der Waals surface area contributed by atoms with E-state index >= 15 is 0 Å². The number of nitrogens with zero attached hydrogens (tertiary/aromatic N) is 1. The minimum Gasteiger partial charge on any atom is -0.489 e. The Kier molecular flexibility index (Phi) is 11.9. The van der Waals surface area contributed by atoms with E-state index in [0.29, 0.717) is 23.7 Å². The molecule has 1 aliphatic rings. The van der Waals surface area contributed by atoms with Crippen LogP contribution in [0.1, 0.15) is 35.1 Å². The Morgan fingerprint density at radius 3 is 2.27 bits per heavy atom. The molecule has 4 atom stereocenters. The van der Waals surface area contributed by atoms with Gasteiger partial charge in [-0.2, -0.15) is 4.39 Å². The number of esters is 1. The number of alkyl carbamates (subject to hydrolysis) is 1. The van der Waals surface area contributed by atoms with E-state index in [1.807, 2.05) is 53.5 Å². The Labute approximate surface area is 296 Å². The minimum absolute atomic E-state index is 0.0153. The molecular weight excluding hydrogens is 677 g/mol. The predicted octanol–water partition coefficient (Wildman–Crippen LogP) is 4.80. The zero-order chi connectivity index (χ0) is 36.3. The van der Waals surface area contributed by atoms with Crippen molar-refractivity contribution in [2.24, 2.45) is 0 Å². The second-order valence-electron chi connectivity index (χ2n) is 11.9. The van der Waals surface area contributed by atoms with Crippen LogP contribution in [0.15, 0.2) is 124 Å². The van der Waals surface area contributed by atoms with E-state index in [9.17, 15) is 23.6 Å². The number of carbonyl (C=O) groups excluding carboxylic acids is 2. The van der Waals surface area contributed by atoms with Gasteiger partial charge in [-0.15, -0.1) is 0 Å². The highest BCUT2D eigenvalue weighted by Crippen LogP contribution is 2.31. The Morgan fingerprint density at radius 2 is 1.58 bits per heavy atom. The van der Waals surface area contributed by atoms with E-state index in [1.54, 1.807) is 48.5 Å². The molecule has 1 saturated heterocycles. The molecule has 270 valence electrons. The van der Waals surface area contributed by atoms with Crippen LogP contribution in [0.4, 0.5) is 9.18 Å². The van der Waals surface area contributed by atoms with Gasteiger partial charge in [0.05, 0.1) is 18.6 Å². The number of amides is 1. The van der Waals surface area contributed by atoms with E-state index in [4.69, 9.17) is 28.1 Å². The van der Waals surface area contributed by atoms with Crippen LogP contribution in [0.5, 0.6) is 5.75 Å². The van der Waals surface area contributed by atoms with Gasteiger partial charge in [0, 0.05) is 12.8 Å². The normalized spacial score (nSPS) is 17.3. The van der Waals surface area contributed by atoms with Crippen molar-refractivity contribution in [1.29, 1.82) is 0 Å². The monoisotopic (exact) mass is 713 g/mol. The molecule has 13 nitrogen and oxygen atoms in total.